The minimum Gasteiger partial charge on any atom is -0.244 e. The van der Waals surface area contributed by atoms with Crippen LogP contribution in [0.25, 0.3) is 0 Å². The van der Waals surface area contributed by atoms with Gasteiger partial charge in [0.15, 0.2) is 0 Å². The molecule has 0 saturated carbocycles. The average molecular weight is 161 g/mol. The van der Waals surface area contributed by atoms with Crippen LogP contribution in [0.4, 0.5) is 4.39 Å². The van der Waals surface area contributed by atoms with Crippen molar-refractivity contribution in [3.8, 4) is 0 Å². The summed E-state index contributed by atoms with van der Waals surface area (Å²) in [6.07, 6.45) is 0. The minimum atomic E-state index is -0.566. The molecule has 0 aromatic carbocycles. The van der Waals surface area contributed by atoms with Crippen LogP contribution >= 0.6 is 12.6 Å². The third-order valence-corrected chi connectivity index (χ3v) is 1.44. The van der Waals surface area contributed by atoms with Gasteiger partial charge >= 0.3 is 0 Å². The molecule has 1 aromatic heterocycles. The van der Waals surface area contributed by atoms with Crippen molar-refractivity contribution in [2.45, 2.75) is 12.4 Å². The predicted molar refractivity (Wildman–Crippen MR) is 38.5 cm³/mol. The van der Waals surface area contributed by atoms with E-state index in [0.29, 0.717) is 17.1 Å². The van der Waals surface area contributed by atoms with E-state index in [1.165, 1.54) is 4.80 Å². The highest BCUT2D eigenvalue weighted by atomic mass is 32.1. The van der Waals surface area contributed by atoms with Crippen molar-refractivity contribution in [3.63, 3.8) is 0 Å². The van der Waals surface area contributed by atoms with Crippen LogP contribution in [-0.4, -0.2) is 15.0 Å². The monoisotopic (exact) mass is 161 g/mol. The minimum absolute atomic E-state index is 0.387. The quantitative estimate of drug-likeness (QED) is 0.648. The molecule has 3 nitrogen and oxygen atoms in total. The van der Waals surface area contributed by atoms with E-state index in [0.717, 1.165) is 0 Å². The van der Waals surface area contributed by atoms with E-state index in [1.807, 2.05) is 0 Å². The number of thiol groups is 1. The summed E-state index contributed by atoms with van der Waals surface area (Å²) in [7, 11) is 1.66. The molecule has 1 aromatic rings. The third-order valence-electron chi connectivity index (χ3n) is 1.14. The smallest absolute Gasteiger partial charge is 0.135 e. The van der Waals surface area contributed by atoms with E-state index >= 15 is 0 Å². The molecule has 0 aliphatic carbocycles. The number of aromatic nitrogens is 3. The second kappa shape index (κ2) is 3.01. The molecule has 0 spiro atoms. The predicted octanol–water partition coefficient (Wildman–Crippen LogP) is 0.714. The van der Waals surface area contributed by atoms with E-state index in [4.69, 9.17) is 0 Å². The van der Waals surface area contributed by atoms with Crippen LogP contribution in [0.1, 0.15) is 11.4 Å². The highest BCUT2D eigenvalue weighted by molar-refractivity contribution is 7.79. The first-order valence-electron chi connectivity index (χ1n) is 2.84. The Balaban J connectivity index is 2.96. The molecule has 0 aliphatic heterocycles. The summed E-state index contributed by atoms with van der Waals surface area (Å²) in [5.41, 5.74) is 1.01. The lowest BCUT2D eigenvalue weighted by atomic mass is 10.4. The van der Waals surface area contributed by atoms with Crippen LogP contribution in [0.3, 0.4) is 0 Å². The van der Waals surface area contributed by atoms with Gasteiger partial charge in [0.25, 0.3) is 0 Å². The molecule has 0 N–H and O–H groups in total. The fourth-order valence-electron chi connectivity index (χ4n) is 0.714. The molecule has 5 heteroatoms. The van der Waals surface area contributed by atoms with E-state index in [-0.39, 0.29) is 0 Å². The van der Waals surface area contributed by atoms with Gasteiger partial charge in [0, 0.05) is 12.8 Å². The van der Waals surface area contributed by atoms with Gasteiger partial charge in [0.2, 0.25) is 0 Å². The van der Waals surface area contributed by atoms with Gasteiger partial charge < -0.3 is 0 Å². The van der Waals surface area contributed by atoms with Crippen LogP contribution in [0, 0.1) is 0 Å². The molecule has 0 bridgehead atoms. The average Bonchev–Trinajstić information content (AvgIpc) is 2.30. The van der Waals surface area contributed by atoms with Crippen molar-refractivity contribution in [3.05, 3.63) is 11.4 Å². The number of rotatable bonds is 2. The van der Waals surface area contributed by atoms with Gasteiger partial charge in [0.1, 0.15) is 12.4 Å². The van der Waals surface area contributed by atoms with Crippen molar-refractivity contribution >= 4 is 12.6 Å². The fourth-order valence-corrected chi connectivity index (χ4v) is 0.960. The zero-order valence-electron chi connectivity index (χ0n) is 5.58. The van der Waals surface area contributed by atoms with Gasteiger partial charge in [-0.05, 0) is 0 Å². The molecule has 10 heavy (non-hydrogen) atoms. The van der Waals surface area contributed by atoms with E-state index in [9.17, 15) is 4.39 Å². The standard InChI is InChI=1S/C5H8FN3S/c1-9-7-4(2-6)5(3-10)8-9/h10H,2-3H2,1H3. The lowest BCUT2D eigenvalue weighted by Crippen LogP contribution is -1.92. The van der Waals surface area contributed by atoms with Gasteiger partial charge in [-0.2, -0.15) is 27.6 Å². The maximum absolute atomic E-state index is 12.0. The van der Waals surface area contributed by atoms with Crippen LogP contribution < -0.4 is 0 Å². The Bertz CT molecular complexity index is 201. The van der Waals surface area contributed by atoms with Crippen LogP contribution in [0.5, 0.6) is 0 Å². The Hall–Kier alpha value is -0.580. The third kappa shape index (κ3) is 1.29. The molecule has 1 rings (SSSR count). The molecular weight excluding hydrogens is 153 g/mol. The van der Waals surface area contributed by atoms with Gasteiger partial charge in [-0.3, -0.25) is 0 Å². The Morgan fingerprint density at radius 3 is 2.50 bits per heavy atom. The topological polar surface area (TPSA) is 30.7 Å². The molecule has 0 unspecified atom stereocenters. The fraction of sp³-hybridized carbons (Fsp3) is 0.600. The molecule has 0 saturated heterocycles. The van der Waals surface area contributed by atoms with Crippen molar-refractivity contribution in [1.29, 1.82) is 0 Å². The molecule has 0 radical (unpaired) electrons. The van der Waals surface area contributed by atoms with Gasteiger partial charge in [-0.15, -0.1) is 0 Å². The zero-order valence-corrected chi connectivity index (χ0v) is 6.48. The number of aryl methyl sites for hydroxylation is 1. The largest absolute Gasteiger partial charge is 0.244 e. The van der Waals surface area contributed by atoms with Gasteiger partial charge in [-0.1, -0.05) is 0 Å². The molecule has 56 valence electrons. The first-order chi connectivity index (χ1) is 4.77. The Labute approximate surface area is 63.6 Å². The van der Waals surface area contributed by atoms with Crippen LogP contribution in [0.2, 0.25) is 0 Å². The summed E-state index contributed by atoms with van der Waals surface area (Å²) in [5, 5.41) is 7.67. The maximum atomic E-state index is 12.0. The van der Waals surface area contributed by atoms with Crippen LogP contribution in [0.15, 0.2) is 0 Å². The second-order valence-corrected chi connectivity index (χ2v) is 2.19. The molecule has 0 amide bonds. The Morgan fingerprint density at radius 2 is 2.10 bits per heavy atom. The SMILES string of the molecule is Cn1nc(CF)c(CS)n1. The molecule has 0 atom stereocenters. The van der Waals surface area contributed by atoms with E-state index in [2.05, 4.69) is 22.8 Å². The zero-order chi connectivity index (χ0) is 7.56. The maximum Gasteiger partial charge on any atom is 0.135 e. The van der Waals surface area contributed by atoms with Crippen molar-refractivity contribution in [2.75, 3.05) is 0 Å². The van der Waals surface area contributed by atoms with Gasteiger partial charge in [0.05, 0.1) is 5.69 Å². The highest BCUT2D eigenvalue weighted by Gasteiger charge is 2.05. The lowest BCUT2D eigenvalue weighted by molar-refractivity contribution is 0.469. The number of halogens is 1. The summed E-state index contributed by atoms with van der Waals surface area (Å²) < 4.78 is 12.0. The summed E-state index contributed by atoms with van der Waals surface area (Å²) in [5.74, 6) is 0.438. The lowest BCUT2D eigenvalue weighted by Gasteiger charge is -1.85. The summed E-state index contributed by atoms with van der Waals surface area (Å²) in [6, 6.07) is 0. The summed E-state index contributed by atoms with van der Waals surface area (Å²) in [4.78, 5) is 1.35. The molecule has 0 aliphatic rings. The molecular formula is C5H8FN3S. The van der Waals surface area contributed by atoms with Gasteiger partial charge in [-0.25, -0.2) is 4.39 Å². The highest BCUT2D eigenvalue weighted by Crippen LogP contribution is 2.05. The number of nitrogens with zero attached hydrogens (tertiary/aromatic N) is 3. The Morgan fingerprint density at radius 1 is 1.50 bits per heavy atom. The van der Waals surface area contributed by atoms with Crippen molar-refractivity contribution < 1.29 is 4.39 Å². The number of hydrogen-bond acceptors (Lipinski definition) is 3. The number of alkyl halides is 1. The number of hydrogen-bond donors (Lipinski definition) is 1. The summed E-state index contributed by atoms with van der Waals surface area (Å²) in [6.45, 7) is -0.566. The second-order valence-electron chi connectivity index (χ2n) is 1.87. The van der Waals surface area contributed by atoms with E-state index < -0.39 is 6.67 Å². The summed E-state index contributed by atoms with van der Waals surface area (Å²) >= 11 is 3.96. The van der Waals surface area contributed by atoms with Crippen LogP contribution in [-0.2, 0) is 19.5 Å². The van der Waals surface area contributed by atoms with Crippen molar-refractivity contribution in [1.82, 2.24) is 15.0 Å². The molecule has 1 heterocycles. The first kappa shape index (κ1) is 7.53. The van der Waals surface area contributed by atoms with Crippen molar-refractivity contribution in [2.24, 2.45) is 7.05 Å². The Kier molecular flexibility index (Phi) is 2.26. The molecule has 0 fully saturated rings. The first-order valence-corrected chi connectivity index (χ1v) is 3.47. The normalized spacial score (nSPS) is 10.3. The van der Waals surface area contributed by atoms with E-state index in [1.54, 1.807) is 7.05 Å².